The Morgan fingerprint density at radius 3 is 2.60 bits per heavy atom. The van der Waals surface area contributed by atoms with Gasteiger partial charge >= 0.3 is 0 Å². The lowest BCUT2D eigenvalue weighted by Crippen LogP contribution is -2.09. The summed E-state index contributed by atoms with van der Waals surface area (Å²) in [7, 11) is 3.98. The molecule has 0 unspecified atom stereocenters. The summed E-state index contributed by atoms with van der Waals surface area (Å²) in [6, 6.07) is 1.93. The van der Waals surface area contributed by atoms with Gasteiger partial charge in [0.15, 0.2) is 0 Å². The summed E-state index contributed by atoms with van der Waals surface area (Å²) in [5.41, 5.74) is 1.10. The van der Waals surface area contributed by atoms with Crippen molar-refractivity contribution in [3.05, 3.63) is 22.9 Å². The van der Waals surface area contributed by atoms with E-state index in [9.17, 15) is 0 Å². The molecular weight excluding hydrogens is 192 g/mol. The third-order valence-corrected chi connectivity index (χ3v) is 1.90. The summed E-state index contributed by atoms with van der Waals surface area (Å²) in [5.74, 6) is 0. The maximum absolute atomic E-state index is 4.00. The Labute approximate surface area is 69.0 Å². The lowest BCUT2D eigenvalue weighted by atomic mass is 10.4. The summed E-state index contributed by atoms with van der Waals surface area (Å²) in [4.78, 5) is 6.01. The molecule has 1 aromatic rings. The van der Waals surface area contributed by atoms with Gasteiger partial charge in [-0.05, 0) is 22.0 Å². The fourth-order valence-corrected chi connectivity index (χ4v) is 1.27. The van der Waals surface area contributed by atoms with Gasteiger partial charge in [-0.25, -0.2) is 0 Å². The van der Waals surface area contributed by atoms with Gasteiger partial charge in [0.25, 0.3) is 0 Å². The second kappa shape index (κ2) is 3.01. The Morgan fingerprint density at radius 2 is 2.20 bits per heavy atom. The van der Waals surface area contributed by atoms with Crippen molar-refractivity contribution in [3.8, 4) is 0 Å². The smallest absolute Gasteiger partial charge is 0.0691 e. The largest absolute Gasteiger partial charge is 0.376 e. The van der Waals surface area contributed by atoms with Crippen LogP contribution < -0.4 is 4.90 Å². The van der Waals surface area contributed by atoms with E-state index in [-0.39, 0.29) is 0 Å². The van der Waals surface area contributed by atoms with Crippen molar-refractivity contribution in [2.45, 2.75) is 0 Å². The molecule has 2 nitrogen and oxygen atoms in total. The van der Waals surface area contributed by atoms with Crippen LogP contribution in [0.1, 0.15) is 0 Å². The molecule has 1 rings (SSSR count). The van der Waals surface area contributed by atoms with Crippen molar-refractivity contribution in [2.24, 2.45) is 0 Å². The molecule has 0 spiro atoms. The highest BCUT2D eigenvalue weighted by Gasteiger charge is 1.98. The average molecular weight is 201 g/mol. The predicted octanol–water partition coefficient (Wildman–Crippen LogP) is 1.91. The first-order valence-electron chi connectivity index (χ1n) is 2.98. The highest BCUT2D eigenvalue weighted by atomic mass is 79.9. The van der Waals surface area contributed by atoms with Gasteiger partial charge < -0.3 is 4.90 Å². The van der Waals surface area contributed by atoms with E-state index in [1.807, 2.05) is 31.3 Å². The minimum atomic E-state index is 1.08. The molecule has 0 aliphatic heterocycles. The van der Waals surface area contributed by atoms with Gasteiger partial charge in [0, 0.05) is 24.8 Å². The highest BCUT2D eigenvalue weighted by Crippen LogP contribution is 2.21. The normalized spacial score (nSPS) is 9.50. The number of nitrogens with zero attached hydrogens (tertiary/aromatic N) is 2. The number of aromatic nitrogens is 1. The third-order valence-electron chi connectivity index (χ3n) is 1.23. The van der Waals surface area contributed by atoms with Crippen LogP contribution in [-0.4, -0.2) is 19.1 Å². The molecule has 0 atom stereocenters. The maximum Gasteiger partial charge on any atom is 0.0691 e. The van der Waals surface area contributed by atoms with Crippen LogP contribution in [0.4, 0.5) is 5.69 Å². The number of hydrogen-bond acceptors (Lipinski definition) is 2. The van der Waals surface area contributed by atoms with Crippen molar-refractivity contribution in [3.63, 3.8) is 0 Å². The van der Waals surface area contributed by atoms with Crippen molar-refractivity contribution < 1.29 is 0 Å². The first-order chi connectivity index (χ1) is 4.72. The van der Waals surface area contributed by atoms with Gasteiger partial charge in [-0.15, -0.1) is 0 Å². The Balaban J connectivity index is 3.03. The van der Waals surface area contributed by atoms with Crippen LogP contribution in [0.25, 0.3) is 0 Å². The zero-order valence-corrected chi connectivity index (χ0v) is 7.59. The molecule has 0 aromatic carbocycles. The number of anilines is 1. The van der Waals surface area contributed by atoms with Gasteiger partial charge in [-0.1, -0.05) is 0 Å². The van der Waals surface area contributed by atoms with Gasteiger partial charge in [0.1, 0.15) is 0 Å². The van der Waals surface area contributed by atoms with E-state index in [0.29, 0.717) is 0 Å². The van der Waals surface area contributed by atoms with Crippen LogP contribution in [0.3, 0.4) is 0 Å². The minimum absolute atomic E-state index is 1.08. The van der Waals surface area contributed by atoms with Crippen LogP contribution >= 0.6 is 15.9 Å². The number of halogens is 1. The second-order valence-electron chi connectivity index (χ2n) is 2.22. The summed E-state index contributed by atoms with van der Waals surface area (Å²) < 4.78 is 1.08. The first kappa shape index (κ1) is 7.54. The van der Waals surface area contributed by atoms with Crippen molar-refractivity contribution >= 4 is 21.6 Å². The van der Waals surface area contributed by atoms with E-state index in [1.165, 1.54) is 0 Å². The topological polar surface area (TPSA) is 16.1 Å². The maximum atomic E-state index is 4.00. The molecular formula is C7H9BrN2. The average Bonchev–Trinajstić information content (AvgIpc) is 1.88. The molecule has 1 aromatic heterocycles. The first-order valence-corrected chi connectivity index (χ1v) is 3.78. The quantitative estimate of drug-likeness (QED) is 0.689. The summed E-state index contributed by atoms with van der Waals surface area (Å²) in [6.45, 7) is 0. The van der Waals surface area contributed by atoms with Crippen molar-refractivity contribution in [1.29, 1.82) is 0 Å². The molecule has 0 fully saturated rings. The molecule has 0 aliphatic rings. The Bertz CT molecular complexity index is 223. The molecule has 3 heteroatoms. The SMILES string of the molecule is CN(C)c1cnccc1Br. The monoisotopic (exact) mass is 200 g/mol. The van der Waals surface area contributed by atoms with Gasteiger partial charge in [-0.2, -0.15) is 0 Å². The number of rotatable bonds is 1. The highest BCUT2D eigenvalue weighted by molar-refractivity contribution is 9.10. The molecule has 0 aliphatic carbocycles. The minimum Gasteiger partial charge on any atom is -0.376 e. The molecule has 0 radical (unpaired) electrons. The summed E-state index contributed by atoms with van der Waals surface area (Å²) >= 11 is 3.42. The molecule has 0 saturated carbocycles. The Hall–Kier alpha value is -0.570. The molecule has 10 heavy (non-hydrogen) atoms. The third kappa shape index (κ3) is 1.48. The predicted molar refractivity (Wildman–Crippen MR) is 46.3 cm³/mol. The summed E-state index contributed by atoms with van der Waals surface area (Å²) in [5, 5.41) is 0. The standard InChI is InChI=1S/C7H9BrN2/c1-10(2)7-5-9-4-3-6(7)8/h3-5H,1-2H3. The Kier molecular flexibility index (Phi) is 2.27. The lowest BCUT2D eigenvalue weighted by Gasteiger charge is -2.12. The fraction of sp³-hybridized carbons (Fsp3) is 0.286. The van der Waals surface area contributed by atoms with E-state index in [4.69, 9.17) is 0 Å². The lowest BCUT2D eigenvalue weighted by molar-refractivity contribution is 1.10. The van der Waals surface area contributed by atoms with Crippen molar-refractivity contribution in [1.82, 2.24) is 4.98 Å². The van der Waals surface area contributed by atoms with Crippen molar-refractivity contribution in [2.75, 3.05) is 19.0 Å². The fourth-order valence-electron chi connectivity index (χ4n) is 0.698. The summed E-state index contributed by atoms with van der Waals surface area (Å²) in [6.07, 6.45) is 3.58. The number of hydrogen-bond donors (Lipinski definition) is 0. The molecule has 54 valence electrons. The van der Waals surface area contributed by atoms with Crippen LogP contribution in [0.2, 0.25) is 0 Å². The van der Waals surface area contributed by atoms with Gasteiger partial charge in [0.05, 0.1) is 11.9 Å². The molecule has 0 amide bonds. The van der Waals surface area contributed by atoms with E-state index in [2.05, 4.69) is 20.9 Å². The van der Waals surface area contributed by atoms with Gasteiger partial charge in [-0.3, -0.25) is 4.98 Å². The molecule has 0 N–H and O–H groups in total. The van der Waals surface area contributed by atoms with E-state index in [0.717, 1.165) is 10.2 Å². The van der Waals surface area contributed by atoms with Crippen LogP contribution in [0.5, 0.6) is 0 Å². The Morgan fingerprint density at radius 1 is 1.50 bits per heavy atom. The van der Waals surface area contributed by atoms with Crippen LogP contribution in [0, 0.1) is 0 Å². The molecule has 1 heterocycles. The van der Waals surface area contributed by atoms with Crippen LogP contribution in [-0.2, 0) is 0 Å². The zero-order chi connectivity index (χ0) is 7.56. The van der Waals surface area contributed by atoms with E-state index >= 15 is 0 Å². The molecule has 0 saturated heterocycles. The second-order valence-corrected chi connectivity index (χ2v) is 3.08. The molecule has 0 bridgehead atoms. The van der Waals surface area contributed by atoms with E-state index in [1.54, 1.807) is 6.20 Å². The van der Waals surface area contributed by atoms with Gasteiger partial charge in [0.2, 0.25) is 0 Å². The zero-order valence-electron chi connectivity index (χ0n) is 6.00. The number of pyridine rings is 1. The van der Waals surface area contributed by atoms with E-state index < -0.39 is 0 Å². The van der Waals surface area contributed by atoms with Crippen LogP contribution in [0.15, 0.2) is 22.9 Å².